The summed E-state index contributed by atoms with van der Waals surface area (Å²) >= 11 is 0. The second kappa shape index (κ2) is 15.6. The maximum atomic E-state index is 6.45. The quantitative estimate of drug-likeness (QED) is 0.154. The lowest BCUT2D eigenvalue weighted by atomic mass is 9.84. The van der Waals surface area contributed by atoms with Gasteiger partial charge in [0.15, 0.2) is 5.82 Å². The number of fused-ring (bicyclic) bond motifs is 3. The summed E-state index contributed by atoms with van der Waals surface area (Å²) in [5.41, 5.74) is 17.9. The normalized spacial score (nSPS) is 11.3. The Morgan fingerprint density at radius 2 is 0.721 bits per heavy atom. The number of rotatable bonds is 8. The smallest absolute Gasteiger partial charge is 0.160 e. The van der Waals surface area contributed by atoms with Crippen LogP contribution in [0, 0.1) is 0 Å². The van der Waals surface area contributed by atoms with E-state index in [0.717, 1.165) is 94.5 Å². The molecule has 9 aromatic carbocycles. The Hall–Kier alpha value is -8.14. The van der Waals surface area contributed by atoms with Gasteiger partial charge in [0.05, 0.1) is 11.4 Å². The Balaban J connectivity index is 1.10. The monoisotopic (exact) mass is 778 g/mol. The molecule has 0 unspecified atom stereocenters. The molecule has 0 amide bonds. The fraction of sp³-hybridized carbons (Fsp3) is 0. The first-order valence-electron chi connectivity index (χ1n) is 20.6. The number of furan rings is 1. The van der Waals surface area contributed by atoms with Crippen molar-refractivity contribution < 1.29 is 4.42 Å². The summed E-state index contributed by atoms with van der Waals surface area (Å²) < 4.78 is 6.45. The van der Waals surface area contributed by atoms with Crippen molar-refractivity contribution in [2.24, 2.45) is 0 Å². The molecule has 0 fully saturated rings. The number of nitrogens with zero attached hydrogens (tertiary/aromatic N) is 2. The first-order valence-corrected chi connectivity index (χ1v) is 20.6. The van der Waals surface area contributed by atoms with E-state index in [-0.39, 0.29) is 0 Å². The van der Waals surface area contributed by atoms with Crippen LogP contribution in [0.15, 0.2) is 235 Å². The molecular formula is C58H38N2O. The Kier molecular flexibility index (Phi) is 9.18. The SMILES string of the molecule is c1ccc(-c2ccc(-c3cc(-c4cccc(-c5cc(-c6ccccc6)cc(-c6ccc7c(c6)oc6ccccc67)c5-c5ccccc5)c4)nc(-c4ccccc4)n3)cc2)cc1. The van der Waals surface area contributed by atoms with E-state index in [2.05, 4.69) is 194 Å². The van der Waals surface area contributed by atoms with Gasteiger partial charge in [-0.05, 0) is 98.1 Å². The molecule has 0 saturated carbocycles. The molecule has 61 heavy (non-hydrogen) atoms. The average molecular weight is 779 g/mol. The zero-order valence-electron chi connectivity index (χ0n) is 33.2. The second-order valence-electron chi connectivity index (χ2n) is 15.3. The van der Waals surface area contributed by atoms with Crippen molar-refractivity contribution in [1.82, 2.24) is 9.97 Å². The molecule has 3 nitrogen and oxygen atoms in total. The van der Waals surface area contributed by atoms with E-state index in [0.29, 0.717) is 5.82 Å². The van der Waals surface area contributed by atoms with Crippen molar-refractivity contribution in [2.75, 3.05) is 0 Å². The summed E-state index contributed by atoms with van der Waals surface area (Å²) in [6.45, 7) is 0. The largest absolute Gasteiger partial charge is 0.456 e. The third-order valence-corrected chi connectivity index (χ3v) is 11.5. The van der Waals surface area contributed by atoms with Gasteiger partial charge in [-0.1, -0.05) is 188 Å². The van der Waals surface area contributed by atoms with E-state index in [1.165, 1.54) is 11.1 Å². The number of hydrogen-bond acceptors (Lipinski definition) is 3. The highest BCUT2D eigenvalue weighted by molar-refractivity contribution is 6.07. The first kappa shape index (κ1) is 36.0. The van der Waals surface area contributed by atoms with E-state index < -0.39 is 0 Å². The summed E-state index contributed by atoms with van der Waals surface area (Å²) in [5, 5.41) is 2.23. The molecule has 0 saturated heterocycles. The standard InChI is InChI=1S/C58H38N2O/c1-5-16-39(17-6-1)41-28-30-42(31-29-41)53-38-54(60-58(59-53)44-22-11-4-12-23-44)47-25-15-24-45(34-47)51-35-48(40-18-7-2-8-19-40)36-52(57(51)43-20-9-3-10-21-43)46-32-33-50-49-26-13-14-27-55(49)61-56(50)37-46/h1-38H. The van der Waals surface area contributed by atoms with E-state index in [9.17, 15) is 0 Å². The number of aromatic nitrogens is 2. The summed E-state index contributed by atoms with van der Waals surface area (Å²) in [6.07, 6.45) is 0. The molecule has 0 N–H and O–H groups in total. The second-order valence-corrected chi connectivity index (χ2v) is 15.3. The van der Waals surface area contributed by atoms with Gasteiger partial charge in [-0.15, -0.1) is 0 Å². The average Bonchev–Trinajstić information content (AvgIpc) is 3.73. The summed E-state index contributed by atoms with van der Waals surface area (Å²) in [5.74, 6) is 0.685. The first-order chi connectivity index (χ1) is 30.2. The van der Waals surface area contributed by atoms with Crippen molar-refractivity contribution in [2.45, 2.75) is 0 Å². The molecule has 2 heterocycles. The molecule has 0 aliphatic rings. The van der Waals surface area contributed by atoms with Crippen molar-refractivity contribution in [1.29, 1.82) is 0 Å². The van der Waals surface area contributed by atoms with Crippen LogP contribution in [0.4, 0.5) is 0 Å². The van der Waals surface area contributed by atoms with Crippen LogP contribution >= 0.6 is 0 Å². The highest BCUT2D eigenvalue weighted by Crippen LogP contribution is 2.45. The van der Waals surface area contributed by atoms with E-state index in [1.54, 1.807) is 0 Å². The van der Waals surface area contributed by atoms with Crippen LogP contribution in [0.25, 0.3) is 111 Å². The molecule has 3 heteroatoms. The van der Waals surface area contributed by atoms with Gasteiger partial charge < -0.3 is 4.42 Å². The topological polar surface area (TPSA) is 38.9 Å². The Bertz CT molecular complexity index is 3320. The lowest BCUT2D eigenvalue weighted by Crippen LogP contribution is -1.97. The number of hydrogen-bond donors (Lipinski definition) is 0. The summed E-state index contributed by atoms with van der Waals surface area (Å²) in [6, 6.07) is 81.2. The summed E-state index contributed by atoms with van der Waals surface area (Å²) in [7, 11) is 0. The molecule has 0 aliphatic heterocycles. The van der Waals surface area contributed by atoms with Crippen LogP contribution in [-0.4, -0.2) is 9.97 Å². The lowest BCUT2D eigenvalue weighted by molar-refractivity contribution is 0.669. The van der Waals surface area contributed by atoms with E-state index in [4.69, 9.17) is 14.4 Å². The van der Waals surface area contributed by atoms with Crippen LogP contribution in [0.5, 0.6) is 0 Å². The highest BCUT2D eigenvalue weighted by Gasteiger charge is 2.20. The predicted octanol–water partition coefficient (Wildman–Crippen LogP) is 15.7. The van der Waals surface area contributed by atoms with Crippen LogP contribution < -0.4 is 0 Å². The zero-order valence-corrected chi connectivity index (χ0v) is 33.2. The molecule has 0 aliphatic carbocycles. The van der Waals surface area contributed by atoms with Crippen LogP contribution in [-0.2, 0) is 0 Å². The minimum Gasteiger partial charge on any atom is -0.456 e. The maximum Gasteiger partial charge on any atom is 0.160 e. The third kappa shape index (κ3) is 6.98. The predicted molar refractivity (Wildman–Crippen MR) is 253 cm³/mol. The number of para-hydroxylation sites is 1. The minimum atomic E-state index is 0.685. The lowest BCUT2D eigenvalue weighted by Gasteiger charge is -2.19. The molecule has 0 spiro atoms. The van der Waals surface area contributed by atoms with Crippen molar-refractivity contribution in [3.05, 3.63) is 231 Å². The number of benzene rings is 9. The molecule has 11 rings (SSSR count). The van der Waals surface area contributed by atoms with E-state index >= 15 is 0 Å². The van der Waals surface area contributed by atoms with Crippen LogP contribution in [0.1, 0.15) is 0 Å². The van der Waals surface area contributed by atoms with Crippen LogP contribution in [0.3, 0.4) is 0 Å². The van der Waals surface area contributed by atoms with Crippen LogP contribution in [0.2, 0.25) is 0 Å². The van der Waals surface area contributed by atoms with Gasteiger partial charge in [0.25, 0.3) is 0 Å². The van der Waals surface area contributed by atoms with Gasteiger partial charge in [0.1, 0.15) is 11.2 Å². The van der Waals surface area contributed by atoms with Crippen molar-refractivity contribution >= 4 is 21.9 Å². The third-order valence-electron chi connectivity index (χ3n) is 11.5. The maximum absolute atomic E-state index is 6.45. The Morgan fingerprint density at radius 3 is 1.39 bits per heavy atom. The van der Waals surface area contributed by atoms with Gasteiger partial charge in [-0.3, -0.25) is 0 Å². The molecule has 0 radical (unpaired) electrons. The van der Waals surface area contributed by atoms with Gasteiger partial charge in [0, 0.05) is 27.5 Å². The highest BCUT2D eigenvalue weighted by atomic mass is 16.3. The Labute approximate surface area is 354 Å². The molecule has 0 atom stereocenters. The Morgan fingerprint density at radius 1 is 0.262 bits per heavy atom. The fourth-order valence-electron chi connectivity index (χ4n) is 8.47. The van der Waals surface area contributed by atoms with Gasteiger partial charge >= 0.3 is 0 Å². The van der Waals surface area contributed by atoms with Crippen molar-refractivity contribution in [3.8, 4) is 89.5 Å². The molecular weight excluding hydrogens is 741 g/mol. The minimum absolute atomic E-state index is 0.685. The fourth-order valence-corrected chi connectivity index (χ4v) is 8.47. The molecule has 0 bridgehead atoms. The van der Waals surface area contributed by atoms with Gasteiger partial charge in [-0.25, -0.2) is 9.97 Å². The van der Waals surface area contributed by atoms with Gasteiger partial charge in [0.2, 0.25) is 0 Å². The summed E-state index contributed by atoms with van der Waals surface area (Å²) in [4.78, 5) is 10.4. The van der Waals surface area contributed by atoms with Gasteiger partial charge in [-0.2, -0.15) is 0 Å². The molecule has 11 aromatic rings. The zero-order chi connectivity index (χ0) is 40.5. The van der Waals surface area contributed by atoms with E-state index in [1.807, 2.05) is 36.4 Å². The van der Waals surface area contributed by atoms with Crippen molar-refractivity contribution in [3.63, 3.8) is 0 Å². The molecule has 2 aromatic heterocycles. The molecule has 286 valence electrons.